The number of hydrogen-bond acceptors (Lipinski definition) is 4. The van der Waals surface area contributed by atoms with Crippen molar-refractivity contribution in [3.05, 3.63) is 35.4 Å². The molecule has 68 valence electrons. The summed E-state index contributed by atoms with van der Waals surface area (Å²) in [5.41, 5.74) is 2.67. The Hall–Kier alpha value is -1.72. The topological polar surface area (TPSA) is 81.4 Å². The molecule has 0 fully saturated rings. The lowest BCUT2D eigenvalue weighted by Gasteiger charge is -2.00. The number of amides is 1. The largest absolute Gasteiger partial charge is 0.298 e. The Morgan fingerprint density at radius 2 is 2.31 bits per heavy atom. The van der Waals surface area contributed by atoms with E-state index in [4.69, 9.17) is 0 Å². The van der Waals surface area contributed by atoms with Crippen LogP contribution in [0.4, 0.5) is 0 Å². The summed E-state index contributed by atoms with van der Waals surface area (Å²) < 4.78 is 0. The molecule has 13 heavy (non-hydrogen) atoms. The first kappa shape index (κ1) is 9.37. The van der Waals surface area contributed by atoms with E-state index in [2.05, 4.69) is 10.8 Å². The maximum Gasteiger partial charge on any atom is 0.276 e. The highest BCUT2D eigenvalue weighted by Gasteiger charge is 2.04. The maximum absolute atomic E-state index is 11.1. The molecule has 0 spiro atoms. The first-order chi connectivity index (χ1) is 6.27. The highest BCUT2D eigenvalue weighted by atomic mass is 16.8. The van der Waals surface area contributed by atoms with Gasteiger partial charge in [0.25, 0.3) is 5.91 Å². The van der Waals surface area contributed by atoms with E-state index in [1.54, 1.807) is 18.2 Å². The smallest absolute Gasteiger partial charge is 0.276 e. The van der Waals surface area contributed by atoms with Crippen molar-refractivity contribution in [3.8, 4) is 0 Å². The molecule has 0 heterocycles. The van der Waals surface area contributed by atoms with Crippen molar-refractivity contribution in [2.45, 2.75) is 0 Å². The van der Waals surface area contributed by atoms with Gasteiger partial charge in [-0.05, 0) is 12.1 Å². The number of hydroxylamine groups is 1. The zero-order valence-electron chi connectivity index (χ0n) is 6.69. The monoisotopic (exact) mass is 180 g/mol. The summed E-state index contributed by atoms with van der Waals surface area (Å²) in [5, 5.41) is 0. The van der Waals surface area contributed by atoms with E-state index in [9.17, 15) is 9.59 Å². The fourth-order valence-corrected chi connectivity index (χ4v) is 0.866. The lowest BCUT2D eigenvalue weighted by Crippen LogP contribution is -2.26. The standard InChI is InChI=1S/C8H8N2O3/c9-13-10-8(12)7-3-1-2-6(4-7)5-11/h1-5H,9H2,(H,10,12). The SMILES string of the molecule is NONC(=O)c1cccc(C=O)c1. The van der Waals surface area contributed by atoms with Gasteiger partial charge in [0.05, 0.1) is 0 Å². The van der Waals surface area contributed by atoms with Gasteiger partial charge in [0.2, 0.25) is 0 Å². The summed E-state index contributed by atoms with van der Waals surface area (Å²) >= 11 is 0. The third-order valence-corrected chi connectivity index (χ3v) is 1.44. The quantitative estimate of drug-likeness (QED) is 0.508. The minimum atomic E-state index is -0.494. The van der Waals surface area contributed by atoms with Crippen molar-refractivity contribution in [2.75, 3.05) is 0 Å². The van der Waals surface area contributed by atoms with Crippen molar-refractivity contribution in [2.24, 2.45) is 5.90 Å². The van der Waals surface area contributed by atoms with Gasteiger partial charge in [-0.2, -0.15) is 10.8 Å². The maximum atomic E-state index is 11.1. The molecule has 0 saturated carbocycles. The molecule has 0 aliphatic heterocycles. The van der Waals surface area contributed by atoms with Gasteiger partial charge in [0.1, 0.15) is 6.29 Å². The molecular weight excluding hydrogens is 172 g/mol. The summed E-state index contributed by atoms with van der Waals surface area (Å²) in [6, 6.07) is 6.16. The van der Waals surface area contributed by atoms with E-state index < -0.39 is 5.91 Å². The molecule has 0 bridgehead atoms. The summed E-state index contributed by atoms with van der Waals surface area (Å²) in [6.07, 6.45) is 0.653. The van der Waals surface area contributed by atoms with Crippen molar-refractivity contribution in [3.63, 3.8) is 0 Å². The molecular formula is C8H8N2O3. The second-order valence-electron chi connectivity index (χ2n) is 2.29. The average Bonchev–Trinajstić information content (AvgIpc) is 2.18. The molecule has 0 saturated heterocycles. The lowest BCUT2D eigenvalue weighted by molar-refractivity contribution is 0.0310. The van der Waals surface area contributed by atoms with Crippen molar-refractivity contribution in [1.82, 2.24) is 5.48 Å². The zero-order chi connectivity index (χ0) is 9.68. The minimum Gasteiger partial charge on any atom is -0.298 e. The number of hydrogen-bond donors (Lipinski definition) is 2. The van der Waals surface area contributed by atoms with Gasteiger partial charge in [0, 0.05) is 11.1 Å². The Labute approximate surface area is 74.4 Å². The van der Waals surface area contributed by atoms with Crippen LogP contribution in [0, 0.1) is 0 Å². The molecule has 1 aromatic carbocycles. The summed E-state index contributed by atoms with van der Waals surface area (Å²) in [6.45, 7) is 0. The van der Waals surface area contributed by atoms with E-state index in [-0.39, 0.29) is 0 Å². The highest BCUT2D eigenvalue weighted by Crippen LogP contribution is 2.02. The second kappa shape index (κ2) is 4.34. The average molecular weight is 180 g/mol. The first-order valence-corrected chi connectivity index (χ1v) is 3.49. The van der Waals surface area contributed by atoms with E-state index in [0.717, 1.165) is 0 Å². The molecule has 3 N–H and O–H groups in total. The van der Waals surface area contributed by atoms with Gasteiger partial charge >= 0.3 is 0 Å². The Morgan fingerprint density at radius 1 is 1.54 bits per heavy atom. The molecule has 0 aliphatic rings. The Morgan fingerprint density at radius 3 is 2.92 bits per heavy atom. The molecule has 0 unspecified atom stereocenters. The molecule has 5 nitrogen and oxygen atoms in total. The fourth-order valence-electron chi connectivity index (χ4n) is 0.866. The number of nitrogens with one attached hydrogen (secondary N) is 1. The van der Waals surface area contributed by atoms with Crippen LogP contribution in [0.25, 0.3) is 0 Å². The molecule has 0 aromatic heterocycles. The molecule has 0 atom stereocenters. The van der Waals surface area contributed by atoms with E-state index in [1.807, 2.05) is 5.48 Å². The molecule has 1 rings (SSSR count). The van der Waals surface area contributed by atoms with Gasteiger partial charge in [0.15, 0.2) is 0 Å². The lowest BCUT2D eigenvalue weighted by atomic mass is 10.1. The normalized spacial score (nSPS) is 9.31. The van der Waals surface area contributed by atoms with Gasteiger partial charge in [-0.1, -0.05) is 12.1 Å². The number of carbonyl (C=O) groups is 2. The summed E-state index contributed by atoms with van der Waals surface area (Å²) in [5.74, 6) is 4.14. The third-order valence-electron chi connectivity index (χ3n) is 1.44. The summed E-state index contributed by atoms with van der Waals surface area (Å²) in [4.78, 5) is 25.4. The van der Waals surface area contributed by atoms with Gasteiger partial charge < -0.3 is 0 Å². The predicted molar refractivity (Wildman–Crippen MR) is 44.6 cm³/mol. The Kier molecular flexibility index (Phi) is 3.13. The number of aldehydes is 1. The van der Waals surface area contributed by atoms with E-state index in [1.165, 1.54) is 6.07 Å². The highest BCUT2D eigenvalue weighted by molar-refractivity contribution is 5.95. The van der Waals surface area contributed by atoms with Crippen LogP contribution in [0.1, 0.15) is 20.7 Å². The number of carbonyl (C=O) groups excluding carboxylic acids is 2. The van der Waals surface area contributed by atoms with Crippen LogP contribution in [0.5, 0.6) is 0 Å². The molecule has 0 radical (unpaired) electrons. The van der Waals surface area contributed by atoms with Gasteiger partial charge in [-0.15, -0.1) is 0 Å². The minimum absolute atomic E-state index is 0.315. The molecule has 0 aliphatic carbocycles. The van der Waals surface area contributed by atoms with Crippen LogP contribution in [0.2, 0.25) is 0 Å². The van der Waals surface area contributed by atoms with Gasteiger partial charge in [-0.25, -0.2) is 5.48 Å². The Balaban J connectivity index is 2.88. The van der Waals surface area contributed by atoms with Crippen LogP contribution < -0.4 is 11.4 Å². The molecule has 1 aromatic rings. The number of benzene rings is 1. The third kappa shape index (κ3) is 2.36. The van der Waals surface area contributed by atoms with Crippen molar-refractivity contribution in [1.29, 1.82) is 0 Å². The number of nitrogens with two attached hydrogens (primary N) is 1. The van der Waals surface area contributed by atoms with Crippen molar-refractivity contribution < 1.29 is 14.5 Å². The number of rotatable bonds is 3. The van der Waals surface area contributed by atoms with Crippen molar-refractivity contribution >= 4 is 12.2 Å². The molecule has 1 amide bonds. The van der Waals surface area contributed by atoms with E-state index >= 15 is 0 Å². The second-order valence-corrected chi connectivity index (χ2v) is 2.29. The van der Waals surface area contributed by atoms with Gasteiger partial charge in [-0.3, -0.25) is 9.59 Å². The Bertz CT molecular complexity index is 325. The van der Waals surface area contributed by atoms with Crippen LogP contribution in [0.3, 0.4) is 0 Å². The van der Waals surface area contributed by atoms with Crippen LogP contribution in [0.15, 0.2) is 24.3 Å². The zero-order valence-corrected chi connectivity index (χ0v) is 6.69. The van der Waals surface area contributed by atoms with E-state index in [0.29, 0.717) is 17.4 Å². The molecule has 5 heteroatoms. The predicted octanol–water partition coefficient (Wildman–Crippen LogP) is 0.0342. The summed E-state index contributed by atoms with van der Waals surface area (Å²) in [7, 11) is 0. The van der Waals surface area contributed by atoms with Crippen LogP contribution in [-0.4, -0.2) is 12.2 Å². The fraction of sp³-hybridized carbons (Fsp3) is 0. The van der Waals surface area contributed by atoms with Crippen LogP contribution in [-0.2, 0) is 4.94 Å². The van der Waals surface area contributed by atoms with Crippen LogP contribution >= 0.6 is 0 Å². The first-order valence-electron chi connectivity index (χ1n) is 3.49.